The van der Waals surface area contributed by atoms with E-state index < -0.39 is 10.0 Å². The quantitative estimate of drug-likeness (QED) is 0.857. The predicted octanol–water partition coefficient (Wildman–Crippen LogP) is 1.49. The van der Waals surface area contributed by atoms with Gasteiger partial charge in [0.2, 0.25) is 10.0 Å². The molecule has 20 heavy (non-hydrogen) atoms. The van der Waals surface area contributed by atoms with E-state index in [1.54, 1.807) is 0 Å². The van der Waals surface area contributed by atoms with Crippen LogP contribution in [0.4, 0.5) is 0 Å². The van der Waals surface area contributed by atoms with Gasteiger partial charge in [-0.3, -0.25) is 0 Å². The van der Waals surface area contributed by atoms with Crippen molar-refractivity contribution in [1.29, 1.82) is 0 Å². The Bertz CT molecular complexity index is 697. The summed E-state index contributed by atoms with van der Waals surface area (Å²) in [5.74, 6) is 1.05. The molecule has 0 radical (unpaired) electrons. The molecule has 106 valence electrons. The smallest absolute Gasteiger partial charge is 0.257 e. The molecule has 2 heterocycles. The summed E-state index contributed by atoms with van der Waals surface area (Å²) >= 11 is 0. The average molecular weight is 293 g/mol. The van der Waals surface area contributed by atoms with E-state index in [0.717, 1.165) is 12.0 Å². The van der Waals surface area contributed by atoms with Crippen LogP contribution in [0, 0.1) is 0 Å². The van der Waals surface area contributed by atoms with Crippen LogP contribution in [0.2, 0.25) is 0 Å². The Morgan fingerprint density at radius 2 is 2.05 bits per heavy atom. The molecular weight excluding hydrogens is 278 g/mol. The first-order valence-corrected chi connectivity index (χ1v) is 8.23. The summed E-state index contributed by atoms with van der Waals surface area (Å²) in [6.45, 7) is 0.936. The second-order valence-corrected chi connectivity index (χ2v) is 6.91. The van der Waals surface area contributed by atoms with Gasteiger partial charge < -0.3 is 4.52 Å². The molecule has 0 amide bonds. The zero-order valence-electron chi connectivity index (χ0n) is 11.1. The first kappa shape index (κ1) is 13.3. The molecule has 1 fully saturated rings. The van der Waals surface area contributed by atoms with E-state index in [0.29, 0.717) is 24.8 Å². The fraction of sp³-hybridized carbons (Fsp3) is 0.385. The van der Waals surface area contributed by atoms with Crippen molar-refractivity contribution < 1.29 is 12.9 Å². The molecule has 0 unspecified atom stereocenters. The van der Waals surface area contributed by atoms with Gasteiger partial charge in [0.15, 0.2) is 5.82 Å². The lowest BCUT2D eigenvalue weighted by Gasteiger charge is -2.11. The number of nitrogens with zero attached hydrogens (tertiary/aromatic N) is 3. The van der Waals surface area contributed by atoms with Gasteiger partial charge in [-0.2, -0.15) is 4.98 Å². The maximum Gasteiger partial charge on any atom is 0.257 e. The van der Waals surface area contributed by atoms with Gasteiger partial charge in [-0.1, -0.05) is 23.4 Å². The molecule has 1 aliphatic heterocycles. The fourth-order valence-corrected chi connectivity index (χ4v) is 3.23. The summed E-state index contributed by atoms with van der Waals surface area (Å²) in [5, 5.41) is 3.98. The summed E-state index contributed by atoms with van der Waals surface area (Å²) in [6, 6.07) is 9.52. The molecule has 1 aliphatic rings. The lowest BCUT2D eigenvalue weighted by atomic mass is 10.1. The van der Waals surface area contributed by atoms with E-state index in [-0.39, 0.29) is 5.92 Å². The minimum Gasteiger partial charge on any atom is -0.334 e. The molecule has 0 aliphatic carbocycles. The third-order valence-corrected chi connectivity index (χ3v) is 4.72. The Balaban J connectivity index is 1.79. The van der Waals surface area contributed by atoms with E-state index in [4.69, 9.17) is 4.52 Å². The fourth-order valence-electron chi connectivity index (χ4n) is 2.34. The van der Waals surface area contributed by atoms with E-state index >= 15 is 0 Å². The number of aromatic nitrogens is 2. The van der Waals surface area contributed by atoms with Crippen LogP contribution in [0.1, 0.15) is 18.2 Å². The van der Waals surface area contributed by atoms with E-state index in [1.807, 2.05) is 30.3 Å². The standard InChI is InChI=1S/C13H15N3O3S/c1-20(17,18)16-8-7-11(9-16)12-14-13(19-15-12)10-5-3-2-4-6-10/h2-6,11H,7-9H2,1H3/t11-/m1/s1. The minimum atomic E-state index is -3.14. The van der Waals surface area contributed by atoms with Crippen LogP contribution < -0.4 is 0 Å². The van der Waals surface area contributed by atoms with Crippen molar-refractivity contribution in [2.24, 2.45) is 0 Å². The molecular formula is C13H15N3O3S. The van der Waals surface area contributed by atoms with Crippen molar-refractivity contribution in [3.63, 3.8) is 0 Å². The summed E-state index contributed by atoms with van der Waals surface area (Å²) < 4.78 is 29.7. The van der Waals surface area contributed by atoms with Crippen LogP contribution in [-0.2, 0) is 10.0 Å². The zero-order valence-corrected chi connectivity index (χ0v) is 11.9. The minimum absolute atomic E-state index is 0.00550. The normalized spacial score (nSPS) is 20.4. The largest absolute Gasteiger partial charge is 0.334 e. The number of benzene rings is 1. The second-order valence-electron chi connectivity index (χ2n) is 4.93. The molecule has 1 aromatic heterocycles. The first-order valence-electron chi connectivity index (χ1n) is 6.38. The van der Waals surface area contributed by atoms with Gasteiger partial charge in [-0.25, -0.2) is 12.7 Å². The van der Waals surface area contributed by atoms with Gasteiger partial charge in [0.1, 0.15) is 0 Å². The highest BCUT2D eigenvalue weighted by atomic mass is 32.2. The van der Waals surface area contributed by atoms with Gasteiger partial charge in [0.25, 0.3) is 5.89 Å². The second kappa shape index (κ2) is 4.99. The summed E-state index contributed by atoms with van der Waals surface area (Å²) in [4.78, 5) is 4.38. The van der Waals surface area contributed by atoms with Crippen LogP contribution in [-0.4, -0.2) is 42.2 Å². The number of hydrogen-bond acceptors (Lipinski definition) is 5. The predicted molar refractivity (Wildman–Crippen MR) is 73.5 cm³/mol. The zero-order chi connectivity index (χ0) is 14.2. The number of hydrogen-bond donors (Lipinski definition) is 0. The lowest BCUT2D eigenvalue weighted by molar-refractivity contribution is 0.414. The van der Waals surface area contributed by atoms with Gasteiger partial charge in [0.05, 0.1) is 6.26 Å². The maximum atomic E-state index is 11.5. The average Bonchev–Trinajstić information content (AvgIpc) is 3.08. The van der Waals surface area contributed by atoms with Crippen LogP contribution >= 0.6 is 0 Å². The Morgan fingerprint density at radius 3 is 2.70 bits per heavy atom. The summed E-state index contributed by atoms with van der Waals surface area (Å²) in [5.41, 5.74) is 0.865. The highest BCUT2D eigenvalue weighted by Gasteiger charge is 2.32. The van der Waals surface area contributed by atoms with Gasteiger partial charge in [-0.05, 0) is 18.6 Å². The van der Waals surface area contributed by atoms with Gasteiger partial charge in [-0.15, -0.1) is 0 Å². The number of rotatable bonds is 3. The molecule has 1 atom stereocenters. The van der Waals surface area contributed by atoms with Crippen LogP contribution in [0.3, 0.4) is 0 Å². The highest BCUT2D eigenvalue weighted by Crippen LogP contribution is 2.28. The third-order valence-electron chi connectivity index (χ3n) is 3.45. The summed E-state index contributed by atoms with van der Waals surface area (Å²) in [7, 11) is -3.14. The molecule has 0 bridgehead atoms. The Kier molecular flexibility index (Phi) is 3.31. The van der Waals surface area contributed by atoms with E-state index in [2.05, 4.69) is 10.1 Å². The van der Waals surface area contributed by atoms with Crippen molar-refractivity contribution in [1.82, 2.24) is 14.4 Å². The molecule has 0 saturated carbocycles. The topological polar surface area (TPSA) is 76.3 Å². The summed E-state index contributed by atoms with van der Waals surface area (Å²) in [6.07, 6.45) is 1.95. The van der Waals surface area contributed by atoms with Crippen molar-refractivity contribution in [3.8, 4) is 11.5 Å². The molecule has 7 heteroatoms. The maximum absolute atomic E-state index is 11.5. The van der Waals surface area contributed by atoms with Gasteiger partial charge >= 0.3 is 0 Å². The molecule has 0 spiro atoms. The van der Waals surface area contributed by atoms with Crippen molar-refractivity contribution in [2.75, 3.05) is 19.3 Å². The number of sulfonamides is 1. The van der Waals surface area contributed by atoms with Crippen molar-refractivity contribution in [2.45, 2.75) is 12.3 Å². The lowest BCUT2D eigenvalue weighted by Crippen LogP contribution is -2.27. The van der Waals surface area contributed by atoms with E-state index in [1.165, 1.54) is 10.6 Å². The van der Waals surface area contributed by atoms with Crippen LogP contribution in [0.5, 0.6) is 0 Å². The van der Waals surface area contributed by atoms with Crippen LogP contribution in [0.25, 0.3) is 11.5 Å². The first-order chi connectivity index (χ1) is 9.54. The molecule has 3 rings (SSSR count). The molecule has 6 nitrogen and oxygen atoms in total. The van der Waals surface area contributed by atoms with Crippen molar-refractivity contribution in [3.05, 3.63) is 36.2 Å². The monoisotopic (exact) mass is 293 g/mol. The Hall–Kier alpha value is -1.73. The molecule has 2 aromatic rings. The highest BCUT2D eigenvalue weighted by molar-refractivity contribution is 7.88. The van der Waals surface area contributed by atoms with Crippen molar-refractivity contribution >= 4 is 10.0 Å². The molecule has 1 saturated heterocycles. The molecule has 0 N–H and O–H groups in total. The third kappa shape index (κ3) is 2.59. The van der Waals surface area contributed by atoms with Crippen LogP contribution in [0.15, 0.2) is 34.9 Å². The Morgan fingerprint density at radius 1 is 1.30 bits per heavy atom. The van der Waals surface area contributed by atoms with E-state index in [9.17, 15) is 8.42 Å². The molecule has 1 aromatic carbocycles. The van der Waals surface area contributed by atoms with Gasteiger partial charge in [0, 0.05) is 24.6 Å². The Labute approximate surface area is 117 Å². The SMILES string of the molecule is CS(=O)(=O)N1CC[C@@H](c2noc(-c3ccccc3)n2)C1.